The van der Waals surface area contributed by atoms with Gasteiger partial charge in [0.1, 0.15) is 11.5 Å². The van der Waals surface area contributed by atoms with Gasteiger partial charge in [-0.25, -0.2) is 9.79 Å². The van der Waals surface area contributed by atoms with Crippen LogP contribution in [0.3, 0.4) is 0 Å². The molecule has 0 fully saturated rings. The highest BCUT2D eigenvalue weighted by Crippen LogP contribution is 2.47. The molecule has 0 N–H and O–H groups in total. The second-order valence-electron chi connectivity index (χ2n) is 7.24. The SMILES string of the molecule is CCN(CC)C(=O)CC1=CSC2=NC(C)=C(C(=O)OC)C(c3cc(OC)ccc3OC)N12. The van der Waals surface area contributed by atoms with E-state index in [0.29, 0.717) is 41.0 Å². The minimum Gasteiger partial charge on any atom is -0.497 e. The van der Waals surface area contributed by atoms with Crippen molar-refractivity contribution >= 4 is 28.8 Å². The third-order valence-corrected chi connectivity index (χ3v) is 6.47. The van der Waals surface area contributed by atoms with E-state index in [1.165, 1.54) is 18.9 Å². The number of benzene rings is 1. The molecule has 1 unspecified atom stereocenters. The van der Waals surface area contributed by atoms with Gasteiger partial charge < -0.3 is 24.0 Å². The van der Waals surface area contributed by atoms with Crippen LogP contribution < -0.4 is 9.47 Å². The second kappa shape index (κ2) is 10.1. The predicted octanol–water partition coefficient (Wildman–Crippen LogP) is 3.71. The van der Waals surface area contributed by atoms with E-state index >= 15 is 0 Å². The molecule has 8 nitrogen and oxygen atoms in total. The predicted molar refractivity (Wildman–Crippen MR) is 124 cm³/mol. The molecule has 1 aromatic rings. The standard InChI is InChI=1S/C23H29N3O5S/c1-7-25(8-2)19(27)11-15-13-32-23-24-14(3)20(22(28)31-6)21(26(15)23)17-12-16(29-4)9-10-18(17)30-5/h9-10,12-13,21H,7-8,11H2,1-6H3. The molecule has 0 aliphatic carbocycles. The van der Waals surface area contributed by atoms with Crippen molar-refractivity contribution in [1.29, 1.82) is 0 Å². The van der Waals surface area contributed by atoms with Crippen LogP contribution in [0.1, 0.15) is 38.8 Å². The molecule has 3 rings (SSSR count). The van der Waals surface area contributed by atoms with Crippen molar-refractivity contribution < 1.29 is 23.8 Å². The molecule has 1 amide bonds. The highest BCUT2D eigenvalue weighted by molar-refractivity contribution is 8.16. The molecule has 1 aromatic carbocycles. The van der Waals surface area contributed by atoms with E-state index in [1.807, 2.05) is 30.2 Å². The van der Waals surface area contributed by atoms with Crippen molar-refractivity contribution in [2.75, 3.05) is 34.4 Å². The quantitative estimate of drug-likeness (QED) is 0.548. The highest BCUT2D eigenvalue weighted by Gasteiger charge is 2.42. The van der Waals surface area contributed by atoms with Gasteiger partial charge in [-0.2, -0.15) is 0 Å². The summed E-state index contributed by atoms with van der Waals surface area (Å²) < 4.78 is 16.2. The van der Waals surface area contributed by atoms with E-state index in [4.69, 9.17) is 14.2 Å². The van der Waals surface area contributed by atoms with E-state index < -0.39 is 12.0 Å². The van der Waals surface area contributed by atoms with Crippen LogP contribution in [-0.4, -0.2) is 61.3 Å². The molecule has 2 aliphatic heterocycles. The zero-order valence-electron chi connectivity index (χ0n) is 19.3. The van der Waals surface area contributed by atoms with Crippen LogP contribution >= 0.6 is 11.8 Å². The maximum absolute atomic E-state index is 12.9. The number of ether oxygens (including phenoxy) is 3. The number of allylic oxidation sites excluding steroid dienone is 1. The number of aliphatic imine (C=N–C) groups is 1. The van der Waals surface area contributed by atoms with Crippen molar-refractivity contribution in [3.05, 3.63) is 46.1 Å². The summed E-state index contributed by atoms with van der Waals surface area (Å²) >= 11 is 1.44. The Hall–Kier alpha value is -2.94. The van der Waals surface area contributed by atoms with Crippen molar-refractivity contribution in [3.8, 4) is 11.5 Å². The fourth-order valence-electron chi connectivity index (χ4n) is 3.93. The molecule has 0 saturated heterocycles. The van der Waals surface area contributed by atoms with E-state index in [9.17, 15) is 9.59 Å². The van der Waals surface area contributed by atoms with Gasteiger partial charge in [-0.05, 0) is 44.4 Å². The Morgan fingerprint density at radius 2 is 1.88 bits per heavy atom. The monoisotopic (exact) mass is 459 g/mol. The van der Waals surface area contributed by atoms with Crippen LogP contribution in [0.25, 0.3) is 0 Å². The van der Waals surface area contributed by atoms with Gasteiger partial charge >= 0.3 is 5.97 Å². The number of rotatable bonds is 8. The summed E-state index contributed by atoms with van der Waals surface area (Å²) in [5.74, 6) is 0.762. The van der Waals surface area contributed by atoms with Gasteiger partial charge in [-0.3, -0.25) is 4.79 Å². The first-order valence-electron chi connectivity index (χ1n) is 10.4. The van der Waals surface area contributed by atoms with Gasteiger partial charge in [-0.15, -0.1) is 0 Å². The van der Waals surface area contributed by atoms with Crippen LogP contribution in [0.15, 0.2) is 45.6 Å². The first-order valence-corrected chi connectivity index (χ1v) is 11.3. The zero-order chi connectivity index (χ0) is 23.4. The summed E-state index contributed by atoms with van der Waals surface area (Å²) in [6.45, 7) is 6.97. The zero-order valence-corrected chi connectivity index (χ0v) is 20.1. The van der Waals surface area contributed by atoms with Gasteiger partial charge in [0.15, 0.2) is 5.17 Å². The molecule has 2 aliphatic rings. The largest absolute Gasteiger partial charge is 0.497 e. The number of esters is 1. The third kappa shape index (κ3) is 4.34. The fourth-order valence-corrected chi connectivity index (χ4v) is 4.90. The number of fused-ring (bicyclic) bond motifs is 1. The van der Waals surface area contributed by atoms with Gasteiger partial charge in [0.05, 0.1) is 45.1 Å². The molecule has 9 heteroatoms. The number of methoxy groups -OCH3 is 3. The summed E-state index contributed by atoms with van der Waals surface area (Å²) in [5.41, 5.74) is 2.46. The van der Waals surface area contributed by atoms with Crippen LogP contribution in [0.4, 0.5) is 0 Å². The topological polar surface area (TPSA) is 80.7 Å². The van der Waals surface area contributed by atoms with Gasteiger partial charge in [0, 0.05) is 24.4 Å². The number of thioether (sulfide) groups is 1. The molecule has 0 bridgehead atoms. The second-order valence-corrected chi connectivity index (χ2v) is 8.07. The Kier molecular flexibility index (Phi) is 7.50. The lowest BCUT2D eigenvalue weighted by Crippen LogP contribution is -2.38. The molecule has 2 heterocycles. The maximum Gasteiger partial charge on any atom is 0.338 e. The van der Waals surface area contributed by atoms with E-state index in [1.54, 1.807) is 38.2 Å². The number of nitrogens with zero attached hydrogens (tertiary/aromatic N) is 3. The lowest BCUT2D eigenvalue weighted by Gasteiger charge is -2.37. The van der Waals surface area contributed by atoms with E-state index in [-0.39, 0.29) is 12.3 Å². The lowest BCUT2D eigenvalue weighted by atomic mass is 9.93. The number of carbonyl (C=O) groups excluding carboxylic acids is 2. The van der Waals surface area contributed by atoms with Crippen LogP contribution in [0, 0.1) is 0 Å². The Morgan fingerprint density at radius 1 is 1.16 bits per heavy atom. The molecule has 0 radical (unpaired) electrons. The molecular formula is C23H29N3O5S. The molecule has 32 heavy (non-hydrogen) atoms. The molecule has 0 aromatic heterocycles. The number of carbonyl (C=O) groups is 2. The molecule has 0 saturated carbocycles. The Bertz CT molecular complexity index is 997. The molecule has 172 valence electrons. The average Bonchev–Trinajstić information content (AvgIpc) is 3.19. The first-order chi connectivity index (χ1) is 15.4. The fraction of sp³-hybridized carbons (Fsp3) is 0.435. The lowest BCUT2D eigenvalue weighted by molar-refractivity contribution is -0.136. The number of amidine groups is 1. The van der Waals surface area contributed by atoms with Gasteiger partial charge in [0.25, 0.3) is 0 Å². The third-order valence-electron chi connectivity index (χ3n) is 5.59. The van der Waals surface area contributed by atoms with Crippen molar-refractivity contribution in [2.45, 2.75) is 33.2 Å². The first kappa shape index (κ1) is 23.7. The molecule has 0 spiro atoms. The van der Waals surface area contributed by atoms with E-state index in [2.05, 4.69) is 4.99 Å². The summed E-state index contributed by atoms with van der Waals surface area (Å²) in [6.07, 6.45) is 0.198. The summed E-state index contributed by atoms with van der Waals surface area (Å²) in [7, 11) is 4.51. The average molecular weight is 460 g/mol. The Morgan fingerprint density at radius 3 is 2.47 bits per heavy atom. The Balaban J connectivity index is 2.14. The molecule has 1 atom stereocenters. The van der Waals surface area contributed by atoms with E-state index in [0.717, 1.165) is 11.3 Å². The van der Waals surface area contributed by atoms with Crippen LogP contribution in [0.2, 0.25) is 0 Å². The van der Waals surface area contributed by atoms with Crippen LogP contribution in [0.5, 0.6) is 11.5 Å². The van der Waals surface area contributed by atoms with Gasteiger partial charge in [-0.1, -0.05) is 11.8 Å². The summed E-state index contributed by atoms with van der Waals surface area (Å²) in [4.78, 5) is 34.1. The Labute approximate surface area is 192 Å². The smallest absolute Gasteiger partial charge is 0.338 e. The minimum atomic E-state index is -0.578. The van der Waals surface area contributed by atoms with Gasteiger partial charge in [0.2, 0.25) is 5.91 Å². The van der Waals surface area contributed by atoms with Crippen molar-refractivity contribution in [1.82, 2.24) is 9.80 Å². The number of hydrogen-bond donors (Lipinski definition) is 0. The normalized spacial score (nSPS) is 17.4. The maximum atomic E-state index is 12.9. The molecular weight excluding hydrogens is 430 g/mol. The van der Waals surface area contributed by atoms with Crippen molar-refractivity contribution in [3.63, 3.8) is 0 Å². The van der Waals surface area contributed by atoms with Crippen LogP contribution in [-0.2, 0) is 14.3 Å². The number of amides is 1. The summed E-state index contributed by atoms with van der Waals surface area (Å²) in [5, 5.41) is 2.63. The van der Waals surface area contributed by atoms with Crippen molar-refractivity contribution in [2.24, 2.45) is 4.99 Å². The summed E-state index contributed by atoms with van der Waals surface area (Å²) in [6, 6.07) is 4.87. The number of hydrogen-bond acceptors (Lipinski definition) is 8. The minimum absolute atomic E-state index is 0.0188. The highest BCUT2D eigenvalue weighted by atomic mass is 32.2.